The quantitative estimate of drug-likeness (QED) is 0.538. The summed E-state index contributed by atoms with van der Waals surface area (Å²) in [6.07, 6.45) is 0. The summed E-state index contributed by atoms with van der Waals surface area (Å²) in [5.74, 6) is 0.0802. The average molecular weight is 230 g/mol. The average Bonchev–Trinajstić information content (AvgIpc) is 2.27. The van der Waals surface area contributed by atoms with Gasteiger partial charge in [-0.25, -0.2) is 0 Å². The van der Waals surface area contributed by atoms with Gasteiger partial charge in [-0.3, -0.25) is 4.79 Å². The highest BCUT2D eigenvalue weighted by Gasteiger charge is 2.50. The van der Waals surface area contributed by atoms with Crippen LogP contribution in [-0.2, 0) is 9.53 Å². The predicted octanol–water partition coefficient (Wildman–Crippen LogP) is 2.96. The maximum absolute atomic E-state index is 11.7. The smallest absolute Gasteiger partial charge is 0.306 e. The highest BCUT2D eigenvalue weighted by Crippen LogP contribution is 2.45. The van der Waals surface area contributed by atoms with Gasteiger partial charge in [-0.15, -0.1) is 0 Å². The minimum absolute atomic E-state index is 0.0802. The standard InChI is InChI=1S/C10H22O2Si2/c1-13(2,3)8-7-12-10(11)9(8)14(4,5)6/h8-9H,7H2,1-6H3. The largest absolute Gasteiger partial charge is 0.466 e. The van der Waals surface area contributed by atoms with Gasteiger partial charge >= 0.3 is 5.97 Å². The molecule has 1 heterocycles. The fourth-order valence-electron chi connectivity index (χ4n) is 2.23. The van der Waals surface area contributed by atoms with E-state index >= 15 is 0 Å². The lowest BCUT2D eigenvalue weighted by Gasteiger charge is -2.33. The lowest BCUT2D eigenvalue weighted by molar-refractivity contribution is -0.138. The van der Waals surface area contributed by atoms with Gasteiger partial charge in [0.1, 0.15) is 0 Å². The number of hydrogen-bond acceptors (Lipinski definition) is 2. The molecule has 1 aliphatic rings. The normalized spacial score (nSPS) is 29.1. The summed E-state index contributed by atoms with van der Waals surface area (Å²) < 4.78 is 5.26. The first-order chi connectivity index (χ1) is 6.14. The van der Waals surface area contributed by atoms with Crippen molar-refractivity contribution in [2.24, 2.45) is 0 Å². The lowest BCUT2D eigenvalue weighted by atomic mass is 10.3. The number of carbonyl (C=O) groups excluding carboxylic acids is 1. The van der Waals surface area contributed by atoms with Crippen LogP contribution < -0.4 is 0 Å². The van der Waals surface area contributed by atoms with Crippen LogP contribution in [0.3, 0.4) is 0 Å². The van der Waals surface area contributed by atoms with Crippen molar-refractivity contribution < 1.29 is 9.53 Å². The Kier molecular flexibility index (Phi) is 2.98. The van der Waals surface area contributed by atoms with Crippen molar-refractivity contribution in [3.63, 3.8) is 0 Å². The Hall–Kier alpha value is -0.0962. The molecule has 0 bridgehead atoms. The fourth-order valence-corrected chi connectivity index (χ4v) is 9.04. The maximum atomic E-state index is 11.7. The van der Waals surface area contributed by atoms with E-state index in [0.717, 1.165) is 0 Å². The molecule has 0 saturated carbocycles. The van der Waals surface area contributed by atoms with E-state index in [1.807, 2.05) is 0 Å². The molecule has 0 N–H and O–H groups in total. The summed E-state index contributed by atoms with van der Waals surface area (Å²) in [5.41, 5.74) is 0.788. The molecule has 4 heteroatoms. The molecule has 0 aromatic rings. The third kappa shape index (κ3) is 2.28. The number of ether oxygens (including phenoxy) is 1. The first-order valence-corrected chi connectivity index (χ1v) is 12.5. The van der Waals surface area contributed by atoms with E-state index in [2.05, 4.69) is 39.3 Å². The highest BCUT2D eigenvalue weighted by atomic mass is 28.3. The van der Waals surface area contributed by atoms with Crippen molar-refractivity contribution in [1.29, 1.82) is 0 Å². The molecule has 0 aromatic heterocycles. The molecule has 2 nitrogen and oxygen atoms in total. The molecule has 0 aliphatic carbocycles. The van der Waals surface area contributed by atoms with Gasteiger partial charge in [-0.2, -0.15) is 0 Å². The van der Waals surface area contributed by atoms with Gasteiger partial charge in [0.2, 0.25) is 0 Å². The van der Waals surface area contributed by atoms with Crippen LogP contribution in [0.25, 0.3) is 0 Å². The van der Waals surface area contributed by atoms with Crippen molar-refractivity contribution in [3.05, 3.63) is 0 Å². The molecule has 2 unspecified atom stereocenters. The summed E-state index contributed by atoms with van der Waals surface area (Å²) in [6, 6.07) is 0. The molecule has 1 fully saturated rings. The van der Waals surface area contributed by atoms with Crippen molar-refractivity contribution in [2.75, 3.05) is 6.61 Å². The van der Waals surface area contributed by atoms with E-state index in [4.69, 9.17) is 4.74 Å². The third-order valence-corrected chi connectivity index (χ3v) is 8.67. The second-order valence-electron chi connectivity index (χ2n) is 6.45. The monoisotopic (exact) mass is 230 g/mol. The van der Waals surface area contributed by atoms with Gasteiger partial charge in [0, 0.05) is 0 Å². The first-order valence-electron chi connectivity index (χ1n) is 5.30. The number of hydrogen-bond donors (Lipinski definition) is 0. The van der Waals surface area contributed by atoms with Gasteiger partial charge in [-0.05, 0) is 5.54 Å². The molecule has 2 atom stereocenters. The van der Waals surface area contributed by atoms with Gasteiger partial charge in [0.15, 0.2) is 0 Å². The molecular formula is C10H22O2Si2. The predicted molar refractivity (Wildman–Crippen MR) is 65.2 cm³/mol. The molecule has 0 radical (unpaired) electrons. The zero-order chi connectivity index (χ0) is 11.1. The Bertz CT molecular complexity index is 237. The summed E-state index contributed by atoms with van der Waals surface area (Å²) >= 11 is 0. The van der Waals surface area contributed by atoms with Crippen LogP contribution in [0, 0.1) is 0 Å². The lowest BCUT2D eigenvalue weighted by Crippen LogP contribution is -2.41. The SMILES string of the molecule is C[Si](C)(C)C1COC(=O)C1[Si](C)(C)C. The Morgan fingerprint density at radius 3 is 1.86 bits per heavy atom. The first kappa shape index (κ1) is 12.0. The van der Waals surface area contributed by atoms with Crippen molar-refractivity contribution in [1.82, 2.24) is 0 Å². The van der Waals surface area contributed by atoms with E-state index in [9.17, 15) is 4.79 Å². The molecule has 1 aliphatic heterocycles. The number of cyclic esters (lactones) is 1. The Balaban J connectivity index is 2.94. The second-order valence-corrected chi connectivity index (χ2v) is 17.3. The molecule has 14 heavy (non-hydrogen) atoms. The van der Waals surface area contributed by atoms with E-state index in [0.29, 0.717) is 12.1 Å². The van der Waals surface area contributed by atoms with Crippen LogP contribution in [0.5, 0.6) is 0 Å². The van der Waals surface area contributed by atoms with E-state index in [1.54, 1.807) is 0 Å². The molecule has 0 amide bonds. The van der Waals surface area contributed by atoms with Gasteiger partial charge < -0.3 is 4.74 Å². The third-order valence-electron chi connectivity index (χ3n) is 3.11. The number of carbonyl (C=O) groups is 1. The zero-order valence-electron chi connectivity index (χ0n) is 10.2. The van der Waals surface area contributed by atoms with Gasteiger partial charge in [0.25, 0.3) is 0 Å². The van der Waals surface area contributed by atoms with E-state index < -0.39 is 16.1 Å². The van der Waals surface area contributed by atoms with Gasteiger partial charge in [-0.1, -0.05) is 39.3 Å². The maximum Gasteiger partial charge on any atom is 0.306 e. The van der Waals surface area contributed by atoms with Crippen LogP contribution in [-0.4, -0.2) is 28.7 Å². The van der Waals surface area contributed by atoms with Crippen LogP contribution in [0.2, 0.25) is 50.4 Å². The Labute approximate surface area is 89.1 Å². The van der Waals surface area contributed by atoms with Crippen molar-refractivity contribution in [3.8, 4) is 0 Å². The van der Waals surface area contributed by atoms with Crippen LogP contribution in [0.4, 0.5) is 0 Å². The van der Waals surface area contributed by atoms with E-state index in [-0.39, 0.29) is 11.5 Å². The Morgan fingerprint density at radius 2 is 1.57 bits per heavy atom. The topological polar surface area (TPSA) is 26.3 Å². The fraction of sp³-hybridized carbons (Fsp3) is 0.900. The molecule has 1 saturated heterocycles. The highest BCUT2D eigenvalue weighted by molar-refractivity contribution is 6.86. The van der Waals surface area contributed by atoms with Crippen LogP contribution in [0.1, 0.15) is 0 Å². The zero-order valence-corrected chi connectivity index (χ0v) is 12.2. The summed E-state index contributed by atoms with van der Waals surface area (Å²) in [6.45, 7) is 14.5. The molecule has 0 aromatic carbocycles. The second kappa shape index (κ2) is 3.49. The minimum atomic E-state index is -1.40. The molecule has 1 rings (SSSR count). The van der Waals surface area contributed by atoms with Crippen LogP contribution >= 0.6 is 0 Å². The van der Waals surface area contributed by atoms with Crippen LogP contribution in [0.15, 0.2) is 0 Å². The summed E-state index contributed by atoms with van der Waals surface area (Å²) in [5, 5.41) is 0. The van der Waals surface area contributed by atoms with E-state index in [1.165, 1.54) is 0 Å². The van der Waals surface area contributed by atoms with Gasteiger partial charge in [0.05, 0.1) is 28.3 Å². The number of rotatable bonds is 2. The molecular weight excluding hydrogens is 208 g/mol. The Morgan fingerprint density at radius 1 is 1.07 bits per heavy atom. The van der Waals surface area contributed by atoms with Crippen molar-refractivity contribution in [2.45, 2.75) is 50.4 Å². The number of esters is 1. The summed E-state index contributed by atoms with van der Waals surface area (Å²) in [4.78, 5) is 11.7. The van der Waals surface area contributed by atoms with Crippen molar-refractivity contribution >= 4 is 22.1 Å². The summed E-state index contributed by atoms with van der Waals surface area (Å²) in [7, 11) is -2.65. The molecule has 82 valence electrons. The minimum Gasteiger partial charge on any atom is -0.466 e. The molecule has 0 spiro atoms.